The Morgan fingerprint density at radius 1 is 1.00 bits per heavy atom. The number of hydrogen-bond donors (Lipinski definition) is 0. The summed E-state index contributed by atoms with van der Waals surface area (Å²) in [6.07, 6.45) is 14.8. The third kappa shape index (κ3) is 5.55. The van der Waals surface area contributed by atoms with Gasteiger partial charge in [-0.2, -0.15) is 0 Å². The van der Waals surface area contributed by atoms with Crippen molar-refractivity contribution in [1.29, 1.82) is 0 Å². The second-order valence-electron chi connectivity index (χ2n) is 5.21. The Kier molecular flexibility index (Phi) is 7.08. The second-order valence-corrected chi connectivity index (χ2v) is 5.21. The number of hydrogen-bond acceptors (Lipinski definition) is 0. The molecule has 1 atom stereocenters. The fourth-order valence-corrected chi connectivity index (χ4v) is 2.74. The van der Waals surface area contributed by atoms with Crippen LogP contribution in [0.3, 0.4) is 0 Å². The molecule has 0 heterocycles. The van der Waals surface area contributed by atoms with E-state index in [2.05, 4.69) is 6.92 Å². The average molecular weight is 210 g/mol. The molecular formula is C14H28N. The topological polar surface area (TPSA) is 23.8 Å². The summed E-state index contributed by atoms with van der Waals surface area (Å²) in [4.78, 5) is 0. The molecule has 1 rings (SSSR count). The highest BCUT2D eigenvalue weighted by molar-refractivity contribution is 4.75. The lowest BCUT2D eigenvalue weighted by Crippen LogP contribution is -2.24. The van der Waals surface area contributed by atoms with E-state index in [1.807, 2.05) is 0 Å². The summed E-state index contributed by atoms with van der Waals surface area (Å²) in [7, 11) is 0. The van der Waals surface area contributed by atoms with Gasteiger partial charge in [0.2, 0.25) is 0 Å². The summed E-state index contributed by atoms with van der Waals surface area (Å²) in [5.74, 6) is 0.741. The van der Waals surface area contributed by atoms with E-state index < -0.39 is 0 Å². The zero-order valence-electron chi connectivity index (χ0n) is 10.4. The zero-order chi connectivity index (χ0) is 10.9. The van der Waals surface area contributed by atoms with Crippen LogP contribution in [-0.2, 0) is 0 Å². The Hall–Kier alpha value is -0.0400. The van der Waals surface area contributed by atoms with Crippen molar-refractivity contribution >= 4 is 0 Å². The Balaban J connectivity index is 1.99. The smallest absolute Gasteiger partial charge is 0.0241 e. The highest BCUT2D eigenvalue weighted by Crippen LogP contribution is 2.28. The number of rotatable bonds is 7. The lowest BCUT2D eigenvalue weighted by Gasteiger charge is -2.26. The fourth-order valence-electron chi connectivity index (χ4n) is 2.74. The highest BCUT2D eigenvalue weighted by atomic mass is 14.6. The van der Waals surface area contributed by atoms with Crippen LogP contribution in [0.4, 0.5) is 0 Å². The van der Waals surface area contributed by atoms with Gasteiger partial charge in [-0.1, -0.05) is 58.3 Å². The van der Waals surface area contributed by atoms with Crippen molar-refractivity contribution in [3.63, 3.8) is 0 Å². The first kappa shape index (κ1) is 13.0. The van der Waals surface area contributed by atoms with Crippen molar-refractivity contribution < 1.29 is 0 Å². The summed E-state index contributed by atoms with van der Waals surface area (Å²) >= 11 is 0. The maximum atomic E-state index is 8.15. The van der Waals surface area contributed by atoms with Gasteiger partial charge in [0.05, 0.1) is 0 Å². The van der Waals surface area contributed by atoms with Crippen molar-refractivity contribution in [2.75, 3.05) is 0 Å². The molecule has 1 heteroatoms. The molecular weight excluding hydrogens is 182 g/mol. The lowest BCUT2D eigenvalue weighted by atomic mass is 9.82. The van der Waals surface area contributed by atoms with E-state index in [1.165, 1.54) is 64.2 Å². The van der Waals surface area contributed by atoms with E-state index in [4.69, 9.17) is 5.73 Å². The molecule has 89 valence electrons. The van der Waals surface area contributed by atoms with E-state index in [-0.39, 0.29) is 6.04 Å². The number of nitrogens with one attached hydrogen (secondary N) is 1. The Morgan fingerprint density at radius 2 is 1.67 bits per heavy atom. The molecule has 0 amide bonds. The van der Waals surface area contributed by atoms with Gasteiger partial charge in [0.25, 0.3) is 0 Å². The molecule has 0 spiro atoms. The van der Waals surface area contributed by atoms with Gasteiger partial charge in [-0.3, -0.25) is 5.73 Å². The molecule has 1 aliphatic carbocycles. The van der Waals surface area contributed by atoms with Gasteiger partial charge in [-0.25, -0.2) is 0 Å². The van der Waals surface area contributed by atoms with Crippen molar-refractivity contribution in [3.05, 3.63) is 0 Å². The lowest BCUT2D eigenvalue weighted by molar-refractivity contribution is 0.284. The van der Waals surface area contributed by atoms with Gasteiger partial charge in [0.1, 0.15) is 0 Å². The van der Waals surface area contributed by atoms with Crippen LogP contribution in [0.15, 0.2) is 0 Å². The van der Waals surface area contributed by atoms with Crippen LogP contribution >= 0.6 is 0 Å². The molecule has 1 saturated carbocycles. The van der Waals surface area contributed by atoms with E-state index in [0.29, 0.717) is 0 Å². The molecule has 0 aromatic carbocycles. The molecule has 0 aromatic rings. The zero-order valence-corrected chi connectivity index (χ0v) is 10.4. The monoisotopic (exact) mass is 210 g/mol. The van der Waals surface area contributed by atoms with Gasteiger partial charge >= 0.3 is 0 Å². The standard InChI is InChI=1S/C14H28N/c1-2-3-4-5-9-12-14(15)13-10-7-6-8-11-13/h13-15H,2-12H2,1H3. The molecule has 1 fully saturated rings. The van der Waals surface area contributed by atoms with Crippen molar-refractivity contribution in [2.24, 2.45) is 5.92 Å². The van der Waals surface area contributed by atoms with E-state index in [1.54, 1.807) is 0 Å². The third-order valence-electron chi connectivity index (χ3n) is 3.84. The molecule has 15 heavy (non-hydrogen) atoms. The van der Waals surface area contributed by atoms with Crippen molar-refractivity contribution in [3.8, 4) is 0 Å². The first-order chi connectivity index (χ1) is 7.34. The molecule has 1 nitrogen and oxygen atoms in total. The van der Waals surface area contributed by atoms with Gasteiger partial charge in [0, 0.05) is 6.04 Å². The molecule has 0 aromatic heterocycles. The quantitative estimate of drug-likeness (QED) is 0.549. The maximum Gasteiger partial charge on any atom is 0.0241 e. The molecule has 1 unspecified atom stereocenters. The largest absolute Gasteiger partial charge is 0.254 e. The minimum absolute atomic E-state index is 0.256. The Bertz CT molecular complexity index is 138. The van der Waals surface area contributed by atoms with Crippen LogP contribution in [0.25, 0.3) is 0 Å². The first-order valence-electron chi connectivity index (χ1n) is 7.05. The fraction of sp³-hybridized carbons (Fsp3) is 1.00. The van der Waals surface area contributed by atoms with Crippen LogP contribution in [0.2, 0.25) is 0 Å². The molecule has 1 aliphatic rings. The van der Waals surface area contributed by atoms with Crippen LogP contribution in [0.1, 0.15) is 77.6 Å². The van der Waals surface area contributed by atoms with Crippen LogP contribution in [0.5, 0.6) is 0 Å². The maximum absolute atomic E-state index is 8.15. The van der Waals surface area contributed by atoms with Crippen LogP contribution < -0.4 is 5.73 Å². The van der Waals surface area contributed by atoms with E-state index >= 15 is 0 Å². The molecule has 0 aliphatic heterocycles. The average Bonchev–Trinajstić information content (AvgIpc) is 2.30. The molecule has 0 bridgehead atoms. The van der Waals surface area contributed by atoms with E-state index in [0.717, 1.165) is 12.3 Å². The number of unbranched alkanes of at least 4 members (excludes halogenated alkanes) is 4. The van der Waals surface area contributed by atoms with Gasteiger partial charge < -0.3 is 0 Å². The highest BCUT2D eigenvalue weighted by Gasteiger charge is 2.20. The minimum atomic E-state index is 0.256. The van der Waals surface area contributed by atoms with Crippen molar-refractivity contribution in [1.82, 2.24) is 5.73 Å². The van der Waals surface area contributed by atoms with Gasteiger partial charge in [-0.15, -0.1) is 0 Å². The van der Waals surface area contributed by atoms with Crippen LogP contribution in [0, 0.1) is 5.92 Å². The minimum Gasteiger partial charge on any atom is -0.254 e. The SMILES string of the molecule is CCCCCCCC([NH])C1CCCCC1. The van der Waals surface area contributed by atoms with Gasteiger partial charge in [-0.05, 0) is 25.2 Å². The Labute approximate surface area is 95.8 Å². The van der Waals surface area contributed by atoms with Crippen molar-refractivity contribution in [2.45, 2.75) is 83.6 Å². The Morgan fingerprint density at radius 3 is 2.33 bits per heavy atom. The first-order valence-corrected chi connectivity index (χ1v) is 7.05. The summed E-state index contributed by atoms with van der Waals surface area (Å²) < 4.78 is 0. The summed E-state index contributed by atoms with van der Waals surface area (Å²) in [5, 5.41) is 0. The molecule has 1 N–H and O–H groups in total. The summed E-state index contributed by atoms with van der Waals surface area (Å²) in [6, 6.07) is 0.256. The molecule has 0 saturated heterocycles. The van der Waals surface area contributed by atoms with E-state index in [9.17, 15) is 0 Å². The predicted octanol–water partition coefficient (Wildman–Crippen LogP) is 4.58. The summed E-state index contributed by atoms with van der Waals surface area (Å²) in [5.41, 5.74) is 8.15. The van der Waals surface area contributed by atoms with Crippen LogP contribution in [-0.4, -0.2) is 6.04 Å². The normalized spacial score (nSPS) is 20.4. The summed E-state index contributed by atoms with van der Waals surface area (Å²) in [6.45, 7) is 2.26. The molecule has 1 radical (unpaired) electrons. The van der Waals surface area contributed by atoms with Gasteiger partial charge in [0.15, 0.2) is 0 Å². The second kappa shape index (κ2) is 8.15. The third-order valence-corrected chi connectivity index (χ3v) is 3.84. The predicted molar refractivity (Wildman–Crippen MR) is 66.8 cm³/mol.